The molecule has 0 unspecified atom stereocenters. The molecule has 0 saturated carbocycles. The highest BCUT2D eigenvalue weighted by Crippen LogP contribution is 2.33. The van der Waals surface area contributed by atoms with E-state index in [9.17, 15) is 18.0 Å². The number of carbonyl (C=O) groups is 1. The van der Waals surface area contributed by atoms with Gasteiger partial charge in [-0.1, -0.05) is 60.7 Å². The van der Waals surface area contributed by atoms with Gasteiger partial charge in [0.2, 0.25) is 0 Å². The zero-order valence-electron chi connectivity index (χ0n) is 13.9. The SMILES string of the molecule is O=C1/C(=C\c2cccc3ccccc23)C(C(F)(F)F)=NN1c1ccccc1. The molecule has 0 radical (unpaired) electrons. The molecule has 0 saturated heterocycles. The Hall–Kier alpha value is -3.41. The molecular weight excluding hydrogens is 353 g/mol. The smallest absolute Gasteiger partial charge is 0.267 e. The fourth-order valence-electron chi connectivity index (χ4n) is 3.03. The molecule has 4 rings (SSSR count). The summed E-state index contributed by atoms with van der Waals surface area (Å²) in [5.41, 5.74) is -0.846. The molecule has 134 valence electrons. The molecule has 1 aliphatic heterocycles. The van der Waals surface area contributed by atoms with Gasteiger partial charge in [-0.25, -0.2) is 0 Å². The number of alkyl halides is 3. The Bertz CT molecular complexity index is 1080. The van der Waals surface area contributed by atoms with Crippen molar-refractivity contribution in [3.05, 3.63) is 83.9 Å². The summed E-state index contributed by atoms with van der Waals surface area (Å²) >= 11 is 0. The number of anilines is 1. The zero-order chi connectivity index (χ0) is 19.0. The number of benzene rings is 3. The number of carbonyl (C=O) groups excluding carboxylic acids is 1. The summed E-state index contributed by atoms with van der Waals surface area (Å²) in [6, 6.07) is 20.7. The minimum absolute atomic E-state index is 0.283. The maximum atomic E-state index is 13.5. The van der Waals surface area contributed by atoms with Crippen molar-refractivity contribution in [1.29, 1.82) is 0 Å². The molecule has 0 spiro atoms. The minimum Gasteiger partial charge on any atom is -0.267 e. The number of para-hydroxylation sites is 1. The molecule has 0 atom stereocenters. The van der Waals surface area contributed by atoms with Crippen LogP contribution >= 0.6 is 0 Å². The summed E-state index contributed by atoms with van der Waals surface area (Å²) in [6.07, 6.45) is -3.48. The fraction of sp³-hybridized carbons (Fsp3) is 0.0476. The summed E-state index contributed by atoms with van der Waals surface area (Å²) in [7, 11) is 0. The molecule has 0 fully saturated rings. The number of fused-ring (bicyclic) bond motifs is 1. The van der Waals surface area contributed by atoms with Crippen LogP contribution in [0.25, 0.3) is 16.8 Å². The number of hydrogen-bond acceptors (Lipinski definition) is 2. The first-order valence-corrected chi connectivity index (χ1v) is 8.20. The van der Waals surface area contributed by atoms with Gasteiger partial charge in [-0.15, -0.1) is 0 Å². The van der Waals surface area contributed by atoms with Crippen LogP contribution in [0, 0.1) is 0 Å². The van der Waals surface area contributed by atoms with E-state index in [-0.39, 0.29) is 5.69 Å². The number of hydrazone groups is 1. The highest BCUT2D eigenvalue weighted by atomic mass is 19.4. The predicted octanol–water partition coefficient (Wildman–Crippen LogP) is 5.19. The molecule has 1 aliphatic rings. The lowest BCUT2D eigenvalue weighted by molar-refractivity contribution is -0.114. The van der Waals surface area contributed by atoms with Crippen molar-refractivity contribution in [3.63, 3.8) is 0 Å². The van der Waals surface area contributed by atoms with Crippen LogP contribution in [-0.2, 0) is 4.79 Å². The standard InChI is InChI=1S/C21H13F3N2O/c22-21(23,24)19-18(20(27)26(25-19)16-10-2-1-3-11-16)13-15-9-6-8-14-7-4-5-12-17(14)15/h1-13H/b18-13-. The molecular formula is C21H13F3N2O. The number of hydrogen-bond donors (Lipinski definition) is 0. The second-order valence-corrected chi connectivity index (χ2v) is 6.03. The van der Waals surface area contributed by atoms with Crippen LogP contribution in [-0.4, -0.2) is 17.8 Å². The van der Waals surface area contributed by atoms with Gasteiger partial charge in [-0.05, 0) is 34.5 Å². The van der Waals surface area contributed by atoms with Crippen LogP contribution in [0.4, 0.5) is 18.9 Å². The van der Waals surface area contributed by atoms with Crippen LogP contribution in [0.1, 0.15) is 5.56 Å². The van der Waals surface area contributed by atoms with Crippen molar-refractivity contribution < 1.29 is 18.0 Å². The lowest BCUT2D eigenvalue weighted by atomic mass is 10.0. The van der Waals surface area contributed by atoms with E-state index >= 15 is 0 Å². The van der Waals surface area contributed by atoms with Crippen LogP contribution in [0.2, 0.25) is 0 Å². The van der Waals surface area contributed by atoms with Crippen molar-refractivity contribution in [2.75, 3.05) is 5.01 Å². The zero-order valence-corrected chi connectivity index (χ0v) is 13.9. The first kappa shape index (κ1) is 17.0. The summed E-state index contributed by atoms with van der Waals surface area (Å²) < 4.78 is 40.6. The minimum atomic E-state index is -4.74. The Morgan fingerprint density at radius 2 is 1.52 bits per heavy atom. The molecule has 0 aliphatic carbocycles. The number of nitrogens with zero attached hydrogens (tertiary/aromatic N) is 2. The highest BCUT2D eigenvalue weighted by molar-refractivity contribution is 6.34. The van der Waals surface area contributed by atoms with E-state index in [1.807, 2.05) is 18.2 Å². The monoisotopic (exact) mass is 366 g/mol. The topological polar surface area (TPSA) is 32.7 Å². The highest BCUT2D eigenvalue weighted by Gasteiger charge is 2.46. The fourth-order valence-corrected chi connectivity index (χ4v) is 3.03. The van der Waals surface area contributed by atoms with Gasteiger partial charge in [0.05, 0.1) is 11.3 Å². The van der Waals surface area contributed by atoms with Crippen molar-refractivity contribution in [2.45, 2.75) is 6.18 Å². The van der Waals surface area contributed by atoms with E-state index in [1.54, 1.807) is 42.5 Å². The molecule has 3 aromatic rings. The Morgan fingerprint density at radius 3 is 2.26 bits per heavy atom. The molecule has 1 heterocycles. The molecule has 1 amide bonds. The third-order valence-corrected chi connectivity index (χ3v) is 4.27. The normalized spacial score (nSPS) is 16.3. The molecule has 0 N–H and O–H groups in total. The maximum absolute atomic E-state index is 13.5. The third kappa shape index (κ3) is 3.10. The Labute approximate surface area is 153 Å². The van der Waals surface area contributed by atoms with Crippen molar-refractivity contribution in [3.8, 4) is 0 Å². The molecule has 0 bridgehead atoms. The lowest BCUT2D eigenvalue weighted by Gasteiger charge is -2.11. The Kier molecular flexibility index (Phi) is 4.03. The molecule has 3 aromatic carbocycles. The first-order valence-electron chi connectivity index (χ1n) is 8.20. The van der Waals surface area contributed by atoms with Gasteiger partial charge >= 0.3 is 6.18 Å². The summed E-state index contributed by atoms with van der Waals surface area (Å²) in [6.45, 7) is 0. The summed E-state index contributed by atoms with van der Waals surface area (Å²) in [5, 5.41) is 6.01. The van der Waals surface area contributed by atoms with Gasteiger partial charge < -0.3 is 0 Å². The van der Waals surface area contributed by atoms with Gasteiger partial charge in [-0.2, -0.15) is 23.3 Å². The van der Waals surface area contributed by atoms with Crippen LogP contribution in [0.15, 0.2) is 83.5 Å². The number of rotatable bonds is 2. The number of amides is 1. The van der Waals surface area contributed by atoms with Gasteiger partial charge in [0.15, 0.2) is 5.71 Å². The van der Waals surface area contributed by atoms with Crippen LogP contribution < -0.4 is 5.01 Å². The second-order valence-electron chi connectivity index (χ2n) is 6.03. The summed E-state index contributed by atoms with van der Waals surface area (Å²) in [4.78, 5) is 12.7. The van der Waals surface area contributed by atoms with E-state index in [1.165, 1.54) is 18.2 Å². The average Bonchev–Trinajstić information content (AvgIpc) is 3.00. The third-order valence-electron chi connectivity index (χ3n) is 4.27. The maximum Gasteiger partial charge on any atom is 0.435 e. The van der Waals surface area contributed by atoms with Gasteiger partial charge in [0, 0.05) is 0 Å². The largest absolute Gasteiger partial charge is 0.435 e. The molecule has 27 heavy (non-hydrogen) atoms. The predicted molar refractivity (Wildman–Crippen MR) is 99.3 cm³/mol. The van der Waals surface area contributed by atoms with Gasteiger partial charge in [-0.3, -0.25) is 4.79 Å². The Morgan fingerprint density at radius 1 is 0.852 bits per heavy atom. The van der Waals surface area contributed by atoms with E-state index in [4.69, 9.17) is 0 Å². The van der Waals surface area contributed by atoms with Crippen LogP contribution in [0.5, 0.6) is 0 Å². The van der Waals surface area contributed by atoms with E-state index in [0.717, 1.165) is 15.8 Å². The van der Waals surface area contributed by atoms with Crippen molar-refractivity contribution in [2.24, 2.45) is 5.10 Å². The molecule has 0 aromatic heterocycles. The van der Waals surface area contributed by atoms with Gasteiger partial charge in [0.25, 0.3) is 5.91 Å². The quantitative estimate of drug-likeness (QED) is 0.575. The van der Waals surface area contributed by atoms with E-state index in [0.29, 0.717) is 5.56 Å². The lowest BCUT2D eigenvalue weighted by Crippen LogP contribution is -2.25. The van der Waals surface area contributed by atoms with Gasteiger partial charge in [0.1, 0.15) is 0 Å². The number of halogens is 3. The van der Waals surface area contributed by atoms with E-state index < -0.39 is 23.4 Å². The average molecular weight is 366 g/mol. The second kappa shape index (κ2) is 6.39. The summed E-state index contributed by atoms with van der Waals surface area (Å²) in [5.74, 6) is -0.804. The Balaban J connectivity index is 1.87. The van der Waals surface area contributed by atoms with E-state index in [2.05, 4.69) is 5.10 Å². The van der Waals surface area contributed by atoms with Crippen molar-refractivity contribution >= 4 is 34.2 Å². The first-order chi connectivity index (χ1) is 12.9. The molecule has 3 nitrogen and oxygen atoms in total. The van der Waals surface area contributed by atoms with Crippen LogP contribution in [0.3, 0.4) is 0 Å². The van der Waals surface area contributed by atoms with Crippen molar-refractivity contribution in [1.82, 2.24) is 0 Å². The molecule has 6 heteroatoms.